The van der Waals surface area contributed by atoms with Crippen molar-refractivity contribution >= 4 is 15.9 Å². The number of likely N-dealkylation sites (tertiary alicyclic amines) is 1. The minimum absolute atomic E-state index is 0.414. The Morgan fingerprint density at radius 3 is 2.96 bits per heavy atom. The normalized spacial score (nSPS) is 18.5. The van der Waals surface area contributed by atoms with E-state index in [4.69, 9.17) is 9.26 Å². The maximum Gasteiger partial charge on any atom is 0.141 e. The SMILES string of the molecule is CCc1onc(C)c1C1CCCN1Cc1ccc(OC)c(Br)c1. The fourth-order valence-corrected chi connectivity index (χ4v) is 4.08. The van der Waals surface area contributed by atoms with Crippen LogP contribution in [0.5, 0.6) is 5.75 Å². The Morgan fingerprint density at radius 1 is 1.43 bits per heavy atom. The van der Waals surface area contributed by atoms with Crippen molar-refractivity contribution in [3.8, 4) is 5.75 Å². The fourth-order valence-electron chi connectivity index (χ4n) is 3.49. The van der Waals surface area contributed by atoms with Gasteiger partial charge < -0.3 is 9.26 Å². The van der Waals surface area contributed by atoms with Crippen molar-refractivity contribution in [3.63, 3.8) is 0 Å². The molecule has 1 fully saturated rings. The Kier molecular flexibility index (Phi) is 5.07. The van der Waals surface area contributed by atoms with Crippen LogP contribution in [0, 0.1) is 6.92 Å². The quantitative estimate of drug-likeness (QED) is 0.758. The summed E-state index contributed by atoms with van der Waals surface area (Å²) in [6, 6.07) is 6.72. The lowest BCUT2D eigenvalue weighted by molar-refractivity contribution is 0.245. The molecular weight excluding hydrogens is 356 g/mol. The molecule has 0 bridgehead atoms. The van der Waals surface area contributed by atoms with Crippen molar-refractivity contribution in [2.75, 3.05) is 13.7 Å². The zero-order valence-electron chi connectivity index (χ0n) is 13.9. The van der Waals surface area contributed by atoms with E-state index in [0.717, 1.165) is 41.2 Å². The Balaban J connectivity index is 1.82. The van der Waals surface area contributed by atoms with E-state index in [1.54, 1.807) is 7.11 Å². The number of aromatic nitrogens is 1. The number of methoxy groups -OCH3 is 1. The van der Waals surface area contributed by atoms with Gasteiger partial charge in [-0.2, -0.15) is 0 Å². The van der Waals surface area contributed by atoms with Crippen LogP contribution in [-0.2, 0) is 13.0 Å². The molecule has 2 heterocycles. The van der Waals surface area contributed by atoms with Gasteiger partial charge in [0.1, 0.15) is 11.5 Å². The van der Waals surface area contributed by atoms with E-state index in [1.807, 2.05) is 6.07 Å². The van der Waals surface area contributed by atoms with Crippen LogP contribution in [0.15, 0.2) is 27.2 Å². The summed E-state index contributed by atoms with van der Waals surface area (Å²) in [7, 11) is 1.69. The molecule has 0 spiro atoms. The highest BCUT2D eigenvalue weighted by molar-refractivity contribution is 9.10. The first-order chi connectivity index (χ1) is 11.1. The Labute approximate surface area is 145 Å². The number of rotatable bonds is 5. The summed E-state index contributed by atoms with van der Waals surface area (Å²) in [5.74, 6) is 1.91. The molecule has 4 nitrogen and oxygen atoms in total. The molecule has 1 aromatic carbocycles. The van der Waals surface area contributed by atoms with Gasteiger partial charge in [-0.1, -0.05) is 18.1 Å². The molecule has 0 radical (unpaired) electrons. The summed E-state index contributed by atoms with van der Waals surface area (Å²) < 4.78 is 11.8. The van der Waals surface area contributed by atoms with Crippen LogP contribution >= 0.6 is 15.9 Å². The predicted molar refractivity (Wildman–Crippen MR) is 93.7 cm³/mol. The third kappa shape index (κ3) is 3.31. The van der Waals surface area contributed by atoms with Gasteiger partial charge >= 0.3 is 0 Å². The number of halogens is 1. The molecular formula is C18H23BrN2O2. The molecule has 5 heteroatoms. The summed E-state index contributed by atoms with van der Waals surface area (Å²) in [5, 5.41) is 4.18. The van der Waals surface area contributed by atoms with E-state index in [0.29, 0.717) is 6.04 Å². The van der Waals surface area contributed by atoms with Crippen LogP contribution in [0.2, 0.25) is 0 Å². The van der Waals surface area contributed by atoms with Crippen LogP contribution in [0.25, 0.3) is 0 Å². The smallest absolute Gasteiger partial charge is 0.141 e. The fraction of sp³-hybridized carbons (Fsp3) is 0.500. The topological polar surface area (TPSA) is 38.5 Å². The van der Waals surface area contributed by atoms with Crippen molar-refractivity contribution in [2.45, 2.75) is 45.7 Å². The van der Waals surface area contributed by atoms with Gasteiger partial charge in [0.05, 0.1) is 17.3 Å². The second kappa shape index (κ2) is 7.05. The predicted octanol–water partition coefficient (Wildman–Crippen LogP) is 4.65. The van der Waals surface area contributed by atoms with Crippen LogP contribution < -0.4 is 4.74 Å². The zero-order valence-corrected chi connectivity index (χ0v) is 15.5. The number of aryl methyl sites for hydroxylation is 2. The summed E-state index contributed by atoms with van der Waals surface area (Å²) in [6.45, 7) is 6.23. The highest BCUT2D eigenvalue weighted by Crippen LogP contribution is 2.37. The van der Waals surface area contributed by atoms with Gasteiger partial charge in [0, 0.05) is 24.6 Å². The second-order valence-corrected chi connectivity index (χ2v) is 6.91. The first-order valence-electron chi connectivity index (χ1n) is 8.15. The summed E-state index contributed by atoms with van der Waals surface area (Å²) in [4.78, 5) is 2.53. The lowest BCUT2D eigenvalue weighted by atomic mass is 10.0. The first kappa shape index (κ1) is 16.5. The molecule has 1 aliphatic rings. The second-order valence-electron chi connectivity index (χ2n) is 6.06. The van der Waals surface area contributed by atoms with Crippen molar-refractivity contribution in [3.05, 3.63) is 45.3 Å². The van der Waals surface area contributed by atoms with E-state index < -0.39 is 0 Å². The van der Waals surface area contributed by atoms with Crippen LogP contribution in [0.3, 0.4) is 0 Å². The van der Waals surface area contributed by atoms with Crippen molar-refractivity contribution < 1.29 is 9.26 Å². The maximum atomic E-state index is 5.50. The molecule has 1 saturated heterocycles. The number of nitrogens with zero attached hydrogens (tertiary/aromatic N) is 2. The minimum Gasteiger partial charge on any atom is -0.496 e. The molecule has 1 aliphatic heterocycles. The standard InChI is InChI=1S/C18H23BrN2O2/c1-4-16-18(12(2)20-23-16)15-6-5-9-21(15)11-13-7-8-17(22-3)14(19)10-13/h7-8,10,15H,4-6,9,11H2,1-3H3. The average Bonchev–Trinajstić information content (AvgIpc) is 3.13. The molecule has 0 aliphatic carbocycles. The van der Waals surface area contributed by atoms with E-state index in [2.05, 4.69) is 52.0 Å². The Morgan fingerprint density at radius 2 is 2.26 bits per heavy atom. The molecule has 1 atom stereocenters. The highest BCUT2D eigenvalue weighted by atomic mass is 79.9. The van der Waals surface area contributed by atoms with Gasteiger partial charge in [0.15, 0.2) is 0 Å². The van der Waals surface area contributed by atoms with Crippen molar-refractivity contribution in [2.24, 2.45) is 0 Å². The van der Waals surface area contributed by atoms with Gasteiger partial charge in [-0.05, 0) is 59.9 Å². The molecule has 1 unspecified atom stereocenters. The molecule has 0 amide bonds. The van der Waals surface area contributed by atoms with Gasteiger partial charge in [0.25, 0.3) is 0 Å². The zero-order chi connectivity index (χ0) is 16.4. The van der Waals surface area contributed by atoms with Crippen LogP contribution in [-0.4, -0.2) is 23.7 Å². The van der Waals surface area contributed by atoms with Gasteiger partial charge in [-0.3, -0.25) is 4.90 Å². The lowest BCUT2D eigenvalue weighted by Crippen LogP contribution is -2.23. The number of ether oxygens (including phenoxy) is 1. The summed E-state index contributed by atoms with van der Waals surface area (Å²) in [6.07, 6.45) is 3.29. The molecule has 124 valence electrons. The highest BCUT2D eigenvalue weighted by Gasteiger charge is 2.31. The Bertz CT molecular complexity index is 684. The molecule has 1 aromatic heterocycles. The minimum atomic E-state index is 0.414. The number of hydrogen-bond acceptors (Lipinski definition) is 4. The maximum absolute atomic E-state index is 5.50. The monoisotopic (exact) mass is 378 g/mol. The number of benzene rings is 1. The molecule has 0 saturated carbocycles. The summed E-state index contributed by atoms with van der Waals surface area (Å²) >= 11 is 3.58. The van der Waals surface area contributed by atoms with E-state index >= 15 is 0 Å². The molecule has 2 aromatic rings. The van der Waals surface area contributed by atoms with Crippen LogP contribution in [0.1, 0.15) is 48.4 Å². The first-order valence-corrected chi connectivity index (χ1v) is 8.94. The van der Waals surface area contributed by atoms with Gasteiger partial charge in [-0.15, -0.1) is 0 Å². The Hall–Kier alpha value is -1.33. The molecule has 3 rings (SSSR count). The van der Waals surface area contributed by atoms with E-state index in [9.17, 15) is 0 Å². The molecule has 0 N–H and O–H groups in total. The van der Waals surface area contributed by atoms with Gasteiger partial charge in [0.2, 0.25) is 0 Å². The lowest BCUT2D eigenvalue weighted by Gasteiger charge is -2.25. The van der Waals surface area contributed by atoms with E-state index in [1.165, 1.54) is 24.0 Å². The van der Waals surface area contributed by atoms with E-state index in [-0.39, 0.29) is 0 Å². The third-order valence-electron chi connectivity index (χ3n) is 4.60. The van der Waals surface area contributed by atoms with Crippen LogP contribution in [0.4, 0.5) is 0 Å². The largest absolute Gasteiger partial charge is 0.496 e. The van der Waals surface area contributed by atoms with Gasteiger partial charge in [-0.25, -0.2) is 0 Å². The van der Waals surface area contributed by atoms with Crippen molar-refractivity contribution in [1.82, 2.24) is 10.1 Å². The number of hydrogen-bond donors (Lipinski definition) is 0. The van der Waals surface area contributed by atoms with Crippen molar-refractivity contribution in [1.29, 1.82) is 0 Å². The third-order valence-corrected chi connectivity index (χ3v) is 5.22. The average molecular weight is 379 g/mol. The summed E-state index contributed by atoms with van der Waals surface area (Å²) in [5.41, 5.74) is 3.63. The molecule has 23 heavy (non-hydrogen) atoms.